The van der Waals surface area contributed by atoms with E-state index in [1.807, 2.05) is 0 Å². The van der Waals surface area contributed by atoms with E-state index in [9.17, 15) is 9.59 Å². The van der Waals surface area contributed by atoms with Crippen LogP contribution in [0.1, 0.15) is 50.4 Å². The van der Waals surface area contributed by atoms with Gasteiger partial charge in [-0.25, -0.2) is 0 Å². The molecule has 1 aliphatic heterocycles. The average molecular weight is 456 g/mol. The number of carbonyl (C=O) groups is 2. The van der Waals surface area contributed by atoms with Crippen molar-refractivity contribution in [2.24, 2.45) is 5.73 Å². The van der Waals surface area contributed by atoms with Crippen molar-refractivity contribution in [3.63, 3.8) is 0 Å². The summed E-state index contributed by atoms with van der Waals surface area (Å²) >= 11 is 11.8. The first kappa shape index (κ1) is 25.9. The molecule has 0 bridgehead atoms. The molecular formula is C21H31Cl2N5O2. The Bertz CT molecular complexity index is 738. The van der Waals surface area contributed by atoms with Crippen molar-refractivity contribution >= 4 is 41.7 Å². The summed E-state index contributed by atoms with van der Waals surface area (Å²) in [5, 5.41) is 12.9. The highest BCUT2D eigenvalue weighted by atomic mass is 35.5. The van der Waals surface area contributed by atoms with E-state index in [0.29, 0.717) is 17.8 Å². The molecule has 7 nitrogen and oxygen atoms in total. The molecule has 0 aliphatic carbocycles. The molecule has 1 fully saturated rings. The van der Waals surface area contributed by atoms with Crippen LogP contribution in [0.25, 0.3) is 0 Å². The summed E-state index contributed by atoms with van der Waals surface area (Å²) in [6, 6.07) is 5.87. The zero-order valence-corrected chi connectivity index (χ0v) is 19.2. The number of nitrogens with one attached hydrogen (secondary N) is 3. The van der Waals surface area contributed by atoms with Crippen molar-refractivity contribution < 1.29 is 9.59 Å². The van der Waals surface area contributed by atoms with Crippen molar-refractivity contribution in [3.8, 4) is 0 Å². The first-order valence-corrected chi connectivity index (χ1v) is 10.7. The molecule has 30 heavy (non-hydrogen) atoms. The Morgan fingerprint density at radius 2 is 1.90 bits per heavy atom. The predicted octanol–water partition coefficient (Wildman–Crippen LogP) is 3.56. The quantitative estimate of drug-likeness (QED) is 0.371. The van der Waals surface area contributed by atoms with Gasteiger partial charge >= 0.3 is 0 Å². The van der Waals surface area contributed by atoms with Gasteiger partial charge in [0.1, 0.15) is 0 Å². The van der Waals surface area contributed by atoms with Crippen LogP contribution in [0.5, 0.6) is 0 Å². The number of nitrogens with zero attached hydrogens (tertiary/aromatic N) is 1. The fraction of sp³-hybridized carbons (Fsp3) is 0.476. The van der Waals surface area contributed by atoms with Crippen molar-refractivity contribution in [1.82, 2.24) is 15.5 Å². The first-order valence-electron chi connectivity index (χ1n) is 9.91. The number of benzene rings is 1. The molecule has 0 radical (unpaired) electrons. The van der Waals surface area contributed by atoms with Crippen LogP contribution in [-0.2, 0) is 4.79 Å². The molecule has 2 rings (SSSR count). The SMILES string of the molecule is C/C(N)=C(/C=N)NC(=O)c1c(Cl)cccc1Cl.CCC(C)N1CCC(NC=O)CC1. The Kier molecular flexibility index (Phi) is 11.5. The van der Waals surface area contributed by atoms with Gasteiger partial charge in [0.05, 0.1) is 21.3 Å². The third kappa shape index (κ3) is 7.97. The zero-order valence-electron chi connectivity index (χ0n) is 17.7. The lowest BCUT2D eigenvalue weighted by Gasteiger charge is -2.35. The Balaban J connectivity index is 0.000000311. The lowest BCUT2D eigenvalue weighted by molar-refractivity contribution is -0.110. The van der Waals surface area contributed by atoms with Crippen LogP contribution in [0.2, 0.25) is 10.0 Å². The molecule has 5 N–H and O–H groups in total. The largest absolute Gasteiger partial charge is 0.401 e. The van der Waals surface area contributed by atoms with E-state index < -0.39 is 5.91 Å². The van der Waals surface area contributed by atoms with Gasteiger partial charge in [-0.05, 0) is 45.2 Å². The highest BCUT2D eigenvalue weighted by Gasteiger charge is 2.21. The third-order valence-electron chi connectivity index (χ3n) is 5.05. The molecule has 9 heteroatoms. The summed E-state index contributed by atoms with van der Waals surface area (Å²) in [5.74, 6) is -0.496. The van der Waals surface area contributed by atoms with Crippen LogP contribution >= 0.6 is 23.2 Å². The molecule has 0 spiro atoms. The fourth-order valence-electron chi connectivity index (χ4n) is 3.01. The molecular weight excluding hydrogens is 425 g/mol. The summed E-state index contributed by atoms with van der Waals surface area (Å²) in [4.78, 5) is 24.6. The highest BCUT2D eigenvalue weighted by molar-refractivity contribution is 6.39. The van der Waals surface area contributed by atoms with Gasteiger partial charge in [0.2, 0.25) is 6.41 Å². The molecule has 1 atom stereocenters. The van der Waals surface area contributed by atoms with Crippen molar-refractivity contribution in [1.29, 1.82) is 5.41 Å². The molecule has 0 aromatic heterocycles. The van der Waals surface area contributed by atoms with E-state index in [4.69, 9.17) is 34.3 Å². The molecule has 1 aromatic carbocycles. The molecule has 1 aromatic rings. The van der Waals surface area contributed by atoms with Gasteiger partial charge in [0, 0.05) is 37.1 Å². The number of allylic oxidation sites excluding steroid dienone is 2. The van der Waals surface area contributed by atoms with E-state index in [1.165, 1.54) is 6.42 Å². The van der Waals surface area contributed by atoms with E-state index in [0.717, 1.165) is 38.6 Å². The number of hydrogen-bond acceptors (Lipinski definition) is 5. The molecule has 166 valence electrons. The molecule has 0 saturated carbocycles. The monoisotopic (exact) mass is 455 g/mol. The Labute approximate surface area is 188 Å². The van der Waals surface area contributed by atoms with Gasteiger partial charge in [-0.3, -0.25) is 9.59 Å². The summed E-state index contributed by atoms with van der Waals surface area (Å²) < 4.78 is 0. The number of piperidine rings is 1. The number of carbonyl (C=O) groups excluding carboxylic acids is 2. The fourth-order valence-corrected chi connectivity index (χ4v) is 3.58. The normalized spacial score (nSPS) is 16.4. The van der Waals surface area contributed by atoms with Crippen LogP contribution in [0.15, 0.2) is 29.6 Å². The number of nitrogens with two attached hydrogens (primary N) is 1. The van der Waals surface area contributed by atoms with Crippen LogP contribution in [0.3, 0.4) is 0 Å². The summed E-state index contributed by atoms with van der Waals surface area (Å²) in [6.07, 6.45) is 5.19. The number of amides is 2. The van der Waals surface area contributed by atoms with Crippen molar-refractivity contribution in [2.75, 3.05) is 13.1 Å². The smallest absolute Gasteiger partial charge is 0.258 e. The first-order chi connectivity index (χ1) is 14.2. The van der Waals surface area contributed by atoms with E-state index >= 15 is 0 Å². The number of rotatable bonds is 7. The van der Waals surface area contributed by atoms with Gasteiger partial charge in [-0.2, -0.15) is 0 Å². The van der Waals surface area contributed by atoms with Gasteiger partial charge in [-0.1, -0.05) is 36.2 Å². The minimum absolute atomic E-state index is 0.163. The Morgan fingerprint density at radius 1 is 1.33 bits per heavy atom. The number of halogens is 2. The standard InChI is InChI=1S/C11H11Cl2N3O.C10H20N2O/c1-6(15)9(5-14)16-11(17)10-7(12)3-2-4-8(10)13;1-3-9(2)12-6-4-10(5-7-12)11-8-13/h2-5,14H,15H2,1H3,(H,16,17);8-10H,3-7H2,1-2H3,(H,11,13)/b9-6+,14-5?;. The van der Waals surface area contributed by atoms with Crippen LogP contribution in [0, 0.1) is 5.41 Å². The maximum atomic E-state index is 11.9. The van der Waals surface area contributed by atoms with E-state index in [-0.39, 0.29) is 21.3 Å². The van der Waals surface area contributed by atoms with Crippen LogP contribution in [-0.4, -0.2) is 48.6 Å². The summed E-state index contributed by atoms with van der Waals surface area (Å²) in [7, 11) is 0. The molecule has 1 heterocycles. The Hall–Kier alpha value is -2.09. The molecule has 2 amide bonds. The molecule has 1 unspecified atom stereocenters. The Morgan fingerprint density at radius 3 is 2.33 bits per heavy atom. The zero-order chi connectivity index (χ0) is 22.7. The summed E-state index contributed by atoms with van der Waals surface area (Å²) in [5.41, 5.74) is 6.20. The van der Waals surface area contributed by atoms with Gasteiger partial charge in [-0.15, -0.1) is 0 Å². The van der Waals surface area contributed by atoms with Crippen LogP contribution < -0.4 is 16.4 Å². The minimum atomic E-state index is -0.496. The number of hydrogen-bond donors (Lipinski definition) is 4. The van der Waals surface area contributed by atoms with E-state index in [1.54, 1.807) is 25.1 Å². The molecule has 1 saturated heterocycles. The lowest BCUT2D eigenvalue weighted by Crippen LogP contribution is -2.45. The minimum Gasteiger partial charge on any atom is -0.401 e. The maximum absolute atomic E-state index is 11.9. The van der Waals surface area contributed by atoms with Crippen molar-refractivity contribution in [3.05, 3.63) is 45.2 Å². The topological polar surface area (TPSA) is 111 Å². The second-order valence-corrected chi connectivity index (χ2v) is 7.96. The predicted molar refractivity (Wildman–Crippen MR) is 123 cm³/mol. The molecule has 1 aliphatic rings. The van der Waals surface area contributed by atoms with E-state index in [2.05, 4.69) is 29.4 Å². The van der Waals surface area contributed by atoms with Gasteiger partial charge in [0.15, 0.2) is 0 Å². The lowest BCUT2D eigenvalue weighted by atomic mass is 10.0. The maximum Gasteiger partial charge on any atom is 0.258 e. The van der Waals surface area contributed by atoms with Crippen LogP contribution in [0.4, 0.5) is 0 Å². The summed E-state index contributed by atoms with van der Waals surface area (Å²) in [6.45, 7) is 8.32. The number of likely N-dealkylation sites (tertiary alicyclic amines) is 1. The highest BCUT2D eigenvalue weighted by Crippen LogP contribution is 2.24. The second kappa shape index (κ2) is 13.3. The second-order valence-electron chi connectivity index (χ2n) is 7.14. The van der Waals surface area contributed by atoms with Gasteiger partial charge < -0.3 is 26.7 Å². The van der Waals surface area contributed by atoms with Gasteiger partial charge in [0.25, 0.3) is 5.91 Å². The van der Waals surface area contributed by atoms with Crippen molar-refractivity contribution in [2.45, 2.75) is 52.1 Å². The third-order valence-corrected chi connectivity index (χ3v) is 5.68. The average Bonchev–Trinajstić information content (AvgIpc) is 2.72.